The van der Waals surface area contributed by atoms with Gasteiger partial charge < -0.3 is 5.32 Å². The number of aromatic nitrogens is 2. The number of hydrogen-bond donors (Lipinski definition) is 1. The molecule has 1 aliphatic rings. The highest BCUT2D eigenvalue weighted by Crippen LogP contribution is 2.30. The normalized spacial score (nSPS) is 16.7. The summed E-state index contributed by atoms with van der Waals surface area (Å²) in [6.07, 6.45) is 0.769. The Balaban J connectivity index is 1.71. The summed E-state index contributed by atoms with van der Waals surface area (Å²) in [7, 11) is -3.81. The molecule has 1 aromatic heterocycles. The van der Waals surface area contributed by atoms with Gasteiger partial charge in [-0.2, -0.15) is 9.40 Å². The van der Waals surface area contributed by atoms with Gasteiger partial charge in [-0.05, 0) is 51.8 Å². The van der Waals surface area contributed by atoms with E-state index in [-0.39, 0.29) is 45.8 Å². The first kappa shape index (κ1) is 25.6. The van der Waals surface area contributed by atoms with E-state index in [1.165, 1.54) is 10.4 Å². The largest absolute Gasteiger partial charge is 0.311 e. The minimum atomic E-state index is -3.81. The van der Waals surface area contributed by atoms with Crippen molar-refractivity contribution in [1.29, 1.82) is 0 Å². The van der Waals surface area contributed by atoms with E-state index >= 15 is 0 Å². The van der Waals surface area contributed by atoms with E-state index in [1.807, 2.05) is 31.5 Å². The van der Waals surface area contributed by atoms with Gasteiger partial charge in [0.1, 0.15) is 11.6 Å². The molecule has 1 amide bonds. The lowest BCUT2D eigenvalue weighted by molar-refractivity contribution is -0.121. The van der Waals surface area contributed by atoms with Crippen LogP contribution >= 0.6 is 11.6 Å². The molecule has 1 fully saturated rings. The van der Waals surface area contributed by atoms with Crippen molar-refractivity contribution in [2.75, 3.05) is 18.4 Å². The fourth-order valence-corrected chi connectivity index (χ4v) is 5.46. The van der Waals surface area contributed by atoms with Gasteiger partial charge in [0.25, 0.3) is 0 Å². The van der Waals surface area contributed by atoms with Crippen LogP contribution in [0.3, 0.4) is 0 Å². The number of halogens is 2. The molecule has 2 heterocycles. The van der Waals surface area contributed by atoms with Crippen molar-refractivity contribution in [2.45, 2.75) is 70.2 Å². The Morgan fingerprint density at radius 3 is 2.24 bits per heavy atom. The third-order valence-corrected chi connectivity index (χ3v) is 7.90. The molecule has 182 valence electrons. The quantitative estimate of drug-likeness (QED) is 0.658. The summed E-state index contributed by atoms with van der Waals surface area (Å²) in [5, 5.41) is 7.49. The monoisotopic (exact) mass is 498 g/mol. The number of nitrogens with one attached hydrogen (secondary N) is 1. The second-order valence-corrected chi connectivity index (χ2v) is 12.8. The molecule has 3 rings (SSSR count). The van der Waals surface area contributed by atoms with Crippen molar-refractivity contribution in [3.05, 3.63) is 40.8 Å². The number of amides is 1. The zero-order chi connectivity index (χ0) is 24.8. The summed E-state index contributed by atoms with van der Waals surface area (Å²) in [6, 6.07) is 5.27. The number of nitrogens with zero attached hydrogens (tertiary/aromatic N) is 3. The maximum Gasteiger partial charge on any atom is 0.243 e. The van der Waals surface area contributed by atoms with Crippen molar-refractivity contribution in [1.82, 2.24) is 14.1 Å². The summed E-state index contributed by atoms with van der Waals surface area (Å²) in [6.45, 7) is 12.7. The summed E-state index contributed by atoms with van der Waals surface area (Å²) in [4.78, 5) is 13.0. The fraction of sp³-hybridized carbons (Fsp3) is 0.565. The number of anilines is 1. The molecule has 7 nitrogen and oxygen atoms in total. The topological polar surface area (TPSA) is 84.3 Å². The molecule has 0 spiro atoms. The Morgan fingerprint density at radius 1 is 1.12 bits per heavy atom. The van der Waals surface area contributed by atoms with Crippen molar-refractivity contribution in [2.24, 2.45) is 5.92 Å². The molecule has 0 aliphatic carbocycles. The van der Waals surface area contributed by atoms with Gasteiger partial charge in [-0.25, -0.2) is 17.5 Å². The maximum absolute atomic E-state index is 13.4. The highest BCUT2D eigenvalue weighted by molar-refractivity contribution is 7.89. The highest BCUT2D eigenvalue weighted by atomic mass is 35.5. The SMILES string of the molecule is CC(C)(C)c1cc(NC(=O)C2CCN(S(=O)(=O)c3ccc(F)c(Cl)c3)CC2)n(C(C)(C)C)n1. The van der Waals surface area contributed by atoms with Gasteiger partial charge in [0.15, 0.2) is 0 Å². The molecular weight excluding hydrogens is 467 g/mol. The van der Waals surface area contributed by atoms with Gasteiger partial charge in [-0.3, -0.25) is 4.79 Å². The lowest BCUT2D eigenvalue weighted by Crippen LogP contribution is -2.41. The smallest absolute Gasteiger partial charge is 0.243 e. The van der Waals surface area contributed by atoms with Gasteiger partial charge in [0.2, 0.25) is 15.9 Å². The lowest BCUT2D eigenvalue weighted by atomic mass is 9.92. The molecule has 0 radical (unpaired) electrons. The fourth-order valence-electron chi connectivity index (χ4n) is 3.72. The van der Waals surface area contributed by atoms with Crippen LogP contribution in [0.5, 0.6) is 0 Å². The Morgan fingerprint density at radius 2 is 1.73 bits per heavy atom. The first-order valence-electron chi connectivity index (χ1n) is 11.0. The van der Waals surface area contributed by atoms with E-state index in [4.69, 9.17) is 16.7 Å². The van der Waals surface area contributed by atoms with Crippen LogP contribution in [0.15, 0.2) is 29.2 Å². The first-order chi connectivity index (χ1) is 15.1. The predicted octanol–water partition coefficient (Wildman–Crippen LogP) is 4.77. The molecule has 1 saturated heterocycles. The van der Waals surface area contributed by atoms with E-state index in [0.717, 1.165) is 17.8 Å². The molecule has 0 unspecified atom stereocenters. The molecule has 0 atom stereocenters. The second-order valence-electron chi connectivity index (χ2n) is 10.5. The van der Waals surface area contributed by atoms with E-state index in [0.29, 0.717) is 18.7 Å². The number of carbonyl (C=O) groups is 1. The summed E-state index contributed by atoms with van der Waals surface area (Å²) >= 11 is 5.76. The maximum atomic E-state index is 13.4. The Kier molecular flexibility index (Phi) is 6.99. The number of sulfonamides is 1. The zero-order valence-corrected chi connectivity index (χ0v) is 21.5. The van der Waals surface area contributed by atoms with Crippen LogP contribution in [0.25, 0.3) is 0 Å². The third-order valence-electron chi connectivity index (χ3n) is 5.72. The standard InChI is InChI=1S/C23H32ClFN4O3S/c1-22(2,3)19-14-20(29(27-19)23(4,5)6)26-21(30)15-9-11-28(12-10-15)33(31,32)16-7-8-18(25)17(24)13-16/h7-8,13-15H,9-12H2,1-6H3,(H,26,30). The van der Waals surface area contributed by atoms with E-state index in [1.54, 1.807) is 0 Å². The van der Waals surface area contributed by atoms with Crippen LogP contribution in [0, 0.1) is 11.7 Å². The minimum Gasteiger partial charge on any atom is -0.311 e. The van der Waals surface area contributed by atoms with Crippen LogP contribution in [0.1, 0.15) is 60.1 Å². The lowest BCUT2D eigenvalue weighted by Gasteiger charge is -2.31. The van der Waals surface area contributed by atoms with E-state index in [9.17, 15) is 17.6 Å². The Labute approximate surface area is 200 Å². The number of benzene rings is 1. The van der Waals surface area contributed by atoms with Crippen LogP contribution in [0.4, 0.5) is 10.2 Å². The van der Waals surface area contributed by atoms with Gasteiger partial charge >= 0.3 is 0 Å². The molecule has 33 heavy (non-hydrogen) atoms. The molecule has 1 N–H and O–H groups in total. The van der Waals surface area contributed by atoms with Gasteiger partial charge in [-0.15, -0.1) is 0 Å². The molecule has 1 aromatic carbocycles. The molecule has 0 saturated carbocycles. The number of hydrogen-bond acceptors (Lipinski definition) is 4. The minimum absolute atomic E-state index is 0.0550. The van der Waals surface area contributed by atoms with Crippen molar-refractivity contribution < 1.29 is 17.6 Å². The van der Waals surface area contributed by atoms with Crippen LogP contribution in [0.2, 0.25) is 5.02 Å². The van der Waals surface area contributed by atoms with Crippen LogP contribution in [-0.2, 0) is 25.8 Å². The van der Waals surface area contributed by atoms with Crippen molar-refractivity contribution >= 4 is 33.3 Å². The number of rotatable bonds is 4. The second kappa shape index (κ2) is 9.00. The predicted molar refractivity (Wildman–Crippen MR) is 127 cm³/mol. The third kappa shape index (κ3) is 5.58. The molecule has 1 aliphatic heterocycles. The first-order valence-corrected chi connectivity index (χ1v) is 12.8. The molecule has 2 aromatic rings. The Bertz CT molecular complexity index is 1140. The van der Waals surface area contributed by atoms with Crippen LogP contribution in [-0.4, -0.2) is 41.5 Å². The molecular formula is C23H32ClFN4O3S. The Hall–Kier alpha value is -1.97. The highest BCUT2D eigenvalue weighted by Gasteiger charge is 2.33. The molecule has 10 heteroatoms. The summed E-state index contributed by atoms with van der Waals surface area (Å²) in [5.41, 5.74) is 0.394. The summed E-state index contributed by atoms with van der Waals surface area (Å²) < 4.78 is 42.4. The zero-order valence-electron chi connectivity index (χ0n) is 19.9. The van der Waals surface area contributed by atoms with Gasteiger partial charge in [0.05, 0.1) is 21.2 Å². The van der Waals surface area contributed by atoms with E-state index < -0.39 is 15.8 Å². The number of piperidine rings is 1. The van der Waals surface area contributed by atoms with Crippen molar-refractivity contribution in [3.63, 3.8) is 0 Å². The molecule has 0 bridgehead atoms. The number of carbonyl (C=O) groups excluding carboxylic acids is 1. The van der Waals surface area contributed by atoms with Crippen molar-refractivity contribution in [3.8, 4) is 0 Å². The van der Waals surface area contributed by atoms with Gasteiger partial charge in [0, 0.05) is 30.5 Å². The average Bonchev–Trinajstić information content (AvgIpc) is 3.15. The van der Waals surface area contributed by atoms with Crippen LogP contribution < -0.4 is 5.32 Å². The van der Waals surface area contributed by atoms with E-state index in [2.05, 4.69) is 26.1 Å². The van der Waals surface area contributed by atoms with Gasteiger partial charge in [-0.1, -0.05) is 32.4 Å². The summed E-state index contributed by atoms with van der Waals surface area (Å²) in [5.74, 6) is -0.513. The average molecular weight is 499 g/mol.